The van der Waals surface area contributed by atoms with Crippen LogP contribution in [0.25, 0.3) is 0 Å². The van der Waals surface area contributed by atoms with Crippen LogP contribution < -0.4 is 0 Å². The molecule has 0 aromatic heterocycles. The Kier molecular flexibility index (Phi) is 9.45. The van der Waals surface area contributed by atoms with Crippen LogP contribution in [-0.4, -0.2) is 0 Å². The van der Waals surface area contributed by atoms with Gasteiger partial charge in [0.25, 0.3) is 0 Å². The van der Waals surface area contributed by atoms with Gasteiger partial charge in [-0.05, 0) is 36.3 Å². The molecular weight excluding hydrogens is 240 g/mol. The lowest BCUT2D eigenvalue weighted by Crippen LogP contribution is -2.14. The van der Waals surface area contributed by atoms with Crippen molar-refractivity contribution in [3.05, 3.63) is 35.9 Å². The Hall–Kier alpha value is -0.780. The van der Waals surface area contributed by atoms with Gasteiger partial charge in [-0.25, -0.2) is 0 Å². The van der Waals surface area contributed by atoms with E-state index in [-0.39, 0.29) is 0 Å². The third kappa shape index (κ3) is 6.11. The van der Waals surface area contributed by atoms with E-state index in [0.29, 0.717) is 0 Å². The fourth-order valence-electron chi connectivity index (χ4n) is 3.28. The molecule has 1 aromatic carbocycles. The maximum absolute atomic E-state index is 3.51. The van der Waals surface area contributed by atoms with Gasteiger partial charge in [0.1, 0.15) is 0 Å². The average Bonchev–Trinajstić information content (AvgIpc) is 2.49. The second-order valence-corrected chi connectivity index (χ2v) is 6.11. The SMILES string of the molecule is CCCCCC(c1[c]cccc1)C(CCC)CCCC. The Labute approximate surface area is 127 Å². The quantitative estimate of drug-likeness (QED) is 0.391. The molecule has 0 N–H and O–H groups in total. The summed E-state index contributed by atoms with van der Waals surface area (Å²) < 4.78 is 0. The summed E-state index contributed by atoms with van der Waals surface area (Å²) in [4.78, 5) is 0. The van der Waals surface area contributed by atoms with Crippen molar-refractivity contribution < 1.29 is 0 Å². The molecule has 0 heteroatoms. The van der Waals surface area contributed by atoms with E-state index < -0.39 is 0 Å². The molecule has 1 rings (SSSR count). The van der Waals surface area contributed by atoms with Crippen LogP contribution in [0, 0.1) is 12.0 Å². The standard InChI is InChI=1S/C20H33/c1-4-7-10-17-20(19-15-11-9-12-16-19)18(13-6-3)14-8-5-2/h9,11-12,15,18,20H,4-8,10,13-14,17H2,1-3H3. The topological polar surface area (TPSA) is 0 Å². The molecule has 0 aliphatic carbocycles. The van der Waals surface area contributed by atoms with Gasteiger partial charge in [-0.1, -0.05) is 90.0 Å². The normalized spacial score (nSPS) is 14.2. The van der Waals surface area contributed by atoms with Crippen molar-refractivity contribution in [1.82, 2.24) is 0 Å². The zero-order valence-corrected chi connectivity index (χ0v) is 13.8. The second kappa shape index (κ2) is 10.9. The van der Waals surface area contributed by atoms with Crippen molar-refractivity contribution in [3.63, 3.8) is 0 Å². The minimum absolute atomic E-state index is 0.731. The number of hydrogen-bond donors (Lipinski definition) is 0. The third-order valence-electron chi connectivity index (χ3n) is 4.41. The molecule has 0 heterocycles. The first-order valence-corrected chi connectivity index (χ1v) is 8.80. The molecule has 0 aliphatic rings. The van der Waals surface area contributed by atoms with E-state index in [2.05, 4.69) is 51.1 Å². The molecule has 113 valence electrons. The number of unbranched alkanes of at least 4 members (excludes halogenated alkanes) is 3. The molecule has 0 aliphatic heterocycles. The van der Waals surface area contributed by atoms with Gasteiger partial charge in [0.15, 0.2) is 0 Å². The molecular formula is C20H33. The highest BCUT2D eigenvalue weighted by atomic mass is 14.3. The Morgan fingerprint density at radius 3 is 2.25 bits per heavy atom. The summed E-state index contributed by atoms with van der Waals surface area (Å²) in [6.07, 6.45) is 12.2. The minimum Gasteiger partial charge on any atom is -0.0654 e. The molecule has 1 aromatic rings. The lowest BCUT2D eigenvalue weighted by Gasteiger charge is -2.27. The van der Waals surface area contributed by atoms with Crippen LogP contribution in [0.3, 0.4) is 0 Å². The second-order valence-electron chi connectivity index (χ2n) is 6.11. The van der Waals surface area contributed by atoms with E-state index in [1.54, 1.807) is 0 Å². The zero-order chi connectivity index (χ0) is 14.6. The summed E-state index contributed by atoms with van der Waals surface area (Å²) in [7, 11) is 0. The monoisotopic (exact) mass is 273 g/mol. The first-order valence-electron chi connectivity index (χ1n) is 8.80. The van der Waals surface area contributed by atoms with Crippen molar-refractivity contribution in [2.45, 2.75) is 84.5 Å². The Morgan fingerprint density at radius 1 is 0.850 bits per heavy atom. The number of hydrogen-bond acceptors (Lipinski definition) is 0. The highest BCUT2D eigenvalue weighted by molar-refractivity contribution is 5.19. The summed E-state index contributed by atoms with van der Waals surface area (Å²) in [6.45, 7) is 6.94. The smallest absolute Gasteiger partial charge is 0.0127 e. The van der Waals surface area contributed by atoms with Crippen LogP contribution in [0.15, 0.2) is 24.3 Å². The van der Waals surface area contributed by atoms with Gasteiger partial charge in [-0.15, -0.1) is 0 Å². The largest absolute Gasteiger partial charge is 0.0654 e. The van der Waals surface area contributed by atoms with Gasteiger partial charge in [0.2, 0.25) is 0 Å². The predicted molar refractivity (Wildman–Crippen MR) is 90.1 cm³/mol. The molecule has 0 amide bonds. The van der Waals surface area contributed by atoms with Gasteiger partial charge in [0.05, 0.1) is 0 Å². The van der Waals surface area contributed by atoms with Crippen LogP contribution in [0.1, 0.15) is 90.0 Å². The summed E-state index contributed by atoms with van der Waals surface area (Å²) in [6, 6.07) is 12.2. The molecule has 2 atom stereocenters. The fourth-order valence-corrected chi connectivity index (χ4v) is 3.28. The number of benzene rings is 1. The molecule has 20 heavy (non-hydrogen) atoms. The first kappa shape index (κ1) is 17.3. The van der Waals surface area contributed by atoms with Crippen molar-refractivity contribution in [2.75, 3.05) is 0 Å². The maximum Gasteiger partial charge on any atom is -0.0127 e. The molecule has 0 bridgehead atoms. The minimum atomic E-state index is 0.731. The van der Waals surface area contributed by atoms with Crippen molar-refractivity contribution in [3.8, 4) is 0 Å². The van der Waals surface area contributed by atoms with E-state index in [0.717, 1.165) is 11.8 Å². The summed E-state index contributed by atoms with van der Waals surface area (Å²) in [5.74, 6) is 1.59. The predicted octanol–water partition coefficient (Wildman–Crippen LogP) is 6.76. The summed E-state index contributed by atoms with van der Waals surface area (Å²) >= 11 is 0. The lowest BCUT2D eigenvalue weighted by atomic mass is 9.77. The molecule has 0 fully saturated rings. The van der Waals surface area contributed by atoms with Crippen LogP contribution in [0.5, 0.6) is 0 Å². The summed E-state index contributed by atoms with van der Waals surface area (Å²) in [5, 5.41) is 0. The Morgan fingerprint density at radius 2 is 1.65 bits per heavy atom. The van der Waals surface area contributed by atoms with E-state index in [4.69, 9.17) is 0 Å². The summed E-state index contributed by atoms with van der Waals surface area (Å²) in [5.41, 5.74) is 1.46. The molecule has 0 saturated heterocycles. The van der Waals surface area contributed by atoms with Gasteiger partial charge in [-0.3, -0.25) is 0 Å². The van der Waals surface area contributed by atoms with Crippen molar-refractivity contribution in [2.24, 2.45) is 5.92 Å². The van der Waals surface area contributed by atoms with Crippen molar-refractivity contribution >= 4 is 0 Å². The van der Waals surface area contributed by atoms with E-state index in [1.165, 1.54) is 63.4 Å². The van der Waals surface area contributed by atoms with Gasteiger partial charge in [0, 0.05) is 0 Å². The zero-order valence-electron chi connectivity index (χ0n) is 13.8. The highest BCUT2D eigenvalue weighted by Gasteiger charge is 2.21. The van der Waals surface area contributed by atoms with Gasteiger partial charge >= 0.3 is 0 Å². The third-order valence-corrected chi connectivity index (χ3v) is 4.41. The van der Waals surface area contributed by atoms with Gasteiger partial charge in [-0.2, -0.15) is 0 Å². The van der Waals surface area contributed by atoms with Crippen LogP contribution in [-0.2, 0) is 0 Å². The van der Waals surface area contributed by atoms with Crippen LogP contribution in [0.2, 0.25) is 0 Å². The number of rotatable bonds is 11. The molecule has 0 spiro atoms. The van der Waals surface area contributed by atoms with E-state index >= 15 is 0 Å². The molecule has 1 radical (unpaired) electrons. The van der Waals surface area contributed by atoms with Crippen LogP contribution in [0.4, 0.5) is 0 Å². The van der Waals surface area contributed by atoms with Crippen molar-refractivity contribution in [1.29, 1.82) is 0 Å². The lowest BCUT2D eigenvalue weighted by molar-refractivity contribution is 0.334. The van der Waals surface area contributed by atoms with E-state index in [1.807, 2.05) is 0 Å². The fraction of sp³-hybridized carbons (Fsp3) is 0.700. The highest BCUT2D eigenvalue weighted by Crippen LogP contribution is 2.36. The van der Waals surface area contributed by atoms with E-state index in [9.17, 15) is 0 Å². The van der Waals surface area contributed by atoms with Gasteiger partial charge < -0.3 is 0 Å². The average molecular weight is 273 g/mol. The molecule has 2 unspecified atom stereocenters. The van der Waals surface area contributed by atoms with Crippen LogP contribution >= 0.6 is 0 Å². The maximum atomic E-state index is 3.51. The first-order chi connectivity index (χ1) is 9.83. The Bertz CT molecular complexity index is 314. The molecule has 0 saturated carbocycles. The molecule has 0 nitrogen and oxygen atoms in total. The Balaban J connectivity index is 2.76.